The summed E-state index contributed by atoms with van der Waals surface area (Å²) in [5.74, 6) is -0.203. The van der Waals surface area contributed by atoms with Gasteiger partial charge in [0.2, 0.25) is 0 Å². The van der Waals surface area contributed by atoms with Crippen molar-refractivity contribution >= 4 is 23.5 Å². The minimum Gasteiger partial charge on any atom is -0.365 e. The minimum atomic E-state index is -0.581. The van der Waals surface area contributed by atoms with Crippen LogP contribution in [0.5, 0.6) is 0 Å². The lowest BCUT2D eigenvalue weighted by Gasteiger charge is -2.38. The number of nitriles is 1. The maximum absolute atomic E-state index is 13.0. The van der Waals surface area contributed by atoms with Crippen LogP contribution in [-0.4, -0.2) is 39.2 Å². The van der Waals surface area contributed by atoms with Crippen LogP contribution < -0.4 is 11.1 Å². The molecular formula is C25H23ClN6O2. The van der Waals surface area contributed by atoms with Gasteiger partial charge in [0.15, 0.2) is 0 Å². The number of primary amides is 1. The lowest BCUT2D eigenvalue weighted by Crippen LogP contribution is -2.51. The minimum absolute atomic E-state index is 0.0950. The Balaban J connectivity index is 1.26. The van der Waals surface area contributed by atoms with Crippen molar-refractivity contribution in [2.45, 2.75) is 37.9 Å². The lowest BCUT2D eigenvalue weighted by atomic mass is 9.76. The number of urea groups is 1. The molecular weight excluding hydrogens is 452 g/mol. The van der Waals surface area contributed by atoms with Gasteiger partial charge in [0.05, 0.1) is 36.0 Å². The fourth-order valence-electron chi connectivity index (χ4n) is 4.69. The van der Waals surface area contributed by atoms with E-state index >= 15 is 0 Å². The van der Waals surface area contributed by atoms with E-state index < -0.39 is 5.91 Å². The zero-order valence-corrected chi connectivity index (χ0v) is 19.1. The topological polar surface area (TPSA) is 117 Å². The summed E-state index contributed by atoms with van der Waals surface area (Å²) in [4.78, 5) is 27.0. The Hall–Kier alpha value is -3.83. The molecule has 1 saturated carbocycles. The first-order valence-electron chi connectivity index (χ1n) is 11.1. The highest BCUT2D eigenvalue weighted by Crippen LogP contribution is 2.37. The normalized spacial score (nSPS) is 19.0. The number of nitrogens with zero attached hydrogens (tertiary/aromatic N) is 4. The molecule has 8 nitrogen and oxygen atoms in total. The SMILES string of the molecule is N#Cc1ccc(C2CC(NC(=O)N3CCn4nc(-c5cccc(Cl)c5)c(C(N)=O)c4C3)C2)cc1. The lowest BCUT2D eigenvalue weighted by molar-refractivity contribution is 0.0997. The molecule has 0 bridgehead atoms. The molecule has 172 valence electrons. The van der Waals surface area contributed by atoms with Gasteiger partial charge in [-0.3, -0.25) is 9.48 Å². The van der Waals surface area contributed by atoms with Crippen molar-refractivity contribution in [3.8, 4) is 17.3 Å². The molecule has 3 aromatic rings. The molecule has 34 heavy (non-hydrogen) atoms. The summed E-state index contributed by atoms with van der Waals surface area (Å²) in [6.07, 6.45) is 1.71. The van der Waals surface area contributed by atoms with E-state index in [4.69, 9.17) is 22.6 Å². The highest BCUT2D eigenvalue weighted by molar-refractivity contribution is 6.30. The Morgan fingerprint density at radius 3 is 2.59 bits per heavy atom. The quantitative estimate of drug-likeness (QED) is 0.600. The third-order valence-corrected chi connectivity index (χ3v) is 6.82. The number of carbonyl (C=O) groups is 2. The van der Waals surface area contributed by atoms with E-state index in [0.717, 1.165) is 12.8 Å². The van der Waals surface area contributed by atoms with E-state index in [2.05, 4.69) is 16.5 Å². The molecule has 0 unspecified atom stereocenters. The van der Waals surface area contributed by atoms with E-state index in [9.17, 15) is 9.59 Å². The standard InChI is InChI=1S/C25H23ClN6O2/c26-19-3-1-2-17(10-19)23-22(24(28)33)21-14-31(8-9-32(21)30-23)25(34)29-20-11-18(12-20)16-6-4-15(13-27)5-7-16/h1-7,10,18,20H,8-9,11-12,14H2,(H2,28,33)(H,29,34). The van der Waals surface area contributed by atoms with Gasteiger partial charge in [0.1, 0.15) is 5.69 Å². The van der Waals surface area contributed by atoms with Gasteiger partial charge in [-0.2, -0.15) is 10.4 Å². The van der Waals surface area contributed by atoms with Crippen LogP contribution in [0.25, 0.3) is 11.3 Å². The second-order valence-electron chi connectivity index (χ2n) is 8.74. The molecule has 9 heteroatoms. The fraction of sp³-hybridized carbons (Fsp3) is 0.280. The molecule has 3 amide bonds. The fourth-order valence-corrected chi connectivity index (χ4v) is 4.88. The van der Waals surface area contributed by atoms with Gasteiger partial charge in [0.25, 0.3) is 5.91 Å². The maximum atomic E-state index is 13.0. The number of carbonyl (C=O) groups excluding carboxylic acids is 2. The molecule has 5 rings (SSSR count). The largest absolute Gasteiger partial charge is 0.365 e. The summed E-state index contributed by atoms with van der Waals surface area (Å²) in [5, 5.41) is 17.2. The van der Waals surface area contributed by atoms with Crippen molar-refractivity contribution in [1.29, 1.82) is 5.26 Å². The van der Waals surface area contributed by atoms with Crippen molar-refractivity contribution in [3.63, 3.8) is 0 Å². The predicted molar refractivity (Wildman–Crippen MR) is 127 cm³/mol. The monoisotopic (exact) mass is 474 g/mol. The molecule has 1 aromatic heterocycles. The van der Waals surface area contributed by atoms with Crippen LogP contribution in [0.3, 0.4) is 0 Å². The second-order valence-corrected chi connectivity index (χ2v) is 9.17. The van der Waals surface area contributed by atoms with Gasteiger partial charge < -0.3 is 16.0 Å². The van der Waals surface area contributed by atoms with E-state index in [0.29, 0.717) is 52.1 Å². The molecule has 0 saturated heterocycles. The number of rotatable bonds is 4. The molecule has 0 radical (unpaired) electrons. The van der Waals surface area contributed by atoms with Gasteiger partial charge in [-0.05, 0) is 48.6 Å². The number of hydrogen-bond acceptors (Lipinski definition) is 4. The van der Waals surface area contributed by atoms with Crippen LogP contribution in [0.1, 0.15) is 45.9 Å². The first-order chi connectivity index (χ1) is 16.4. The summed E-state index contributed by atoms with van der Waals surface area (Å²) < 4.78 is 1.75. The first kappa shape index (κ1) is 22.0. The Morgan fingerprint density at radius 2 is 1.91 bits per heavy atom. The number of benzene rings is 2. The molecule has 1 fully saturated rings. The smallest absolute Gasteiger partial charge is 0.318 e. The summed E-state index contributed by atoms with van der Waals surface area (Å²) in [6, 6.07) is 16.8. The van der Waals surface area contributed by atoms with Crippen molar-refractivity contribution in [2.24, 2.45) is 5.73 Å². The average Bonchev–Trinajstić information content (AvgIpc) is 3.20. The van der Waals surface area contributed by atoms with Crippen molar-refractivity contribution in [2.75, 3.05) is 6.54 Å². The van der Waals surface area contributed by atoms with E-state index in [-0.39, 0.29) is 18.6 Å². The number of nitrogens with two attached hydrogens (primary N) is 1. The molecule has 2 aromatic carbocycles. The Labute approximate surface area is 201 Å². The van der Waals surface area contributed by atoms with Gasteiger partial charge in [-0.25, -0.2) is 4.79 Å². The predicted octanol–water partition coefficient (Wildman–Crippen LogP) is 3.65. The highest BCUT2D eigenvalue weighted by atomic mass is 35.5. The molecule has 3 N–H and O–H groups in total. The number of aromatic nitrogens is 2. The van der Waals surface area contributed by atoms with Crippen LogP contribution in [0.15, 0.2) is 48.5 Å². The molecule has 2 aliphatic rings. The molecule has 1 aliphatic heterocycles. The summed E-state index contributed by atoms with van der Waals surface area (Å²) in [5.41, 5.74) is 9.70. The number of hydrogen-bond donors (Lipinski definition) is 2. The van der Waals surface area contributed by atoms with Crippen LogP contribution in [0.2, 0.25) is 5.02 Å². The van der Waals surface area contributed by atoms with Crippen LogP contribution in [-0.2, 0) is 13.1 Å². The Bertz CT molecular complexity index is 1300. The molecule has 0 spiro atoms. The van der Waals surface area contributed by atoms with E-state index in [1.165, 1.54) is 5.56 Å². The number of nitrogens with one attached hydrogen (secondary N) is 1. The van der Waals surface area contributed by atoms with Crippen molar-refractivity contribution in [3.05, 3.63) is 75.9 Å². The van der Waals surface area contributed by atoms with E-state index in [1.54, 1.807) is 27.8 Å². The van der Waals surface area contributed by atoms with Gasteiger partial charge in [-0.1, -0.05) is 35.9 Å². The van der Waals surface area contributed by atoms with Crippen molar-refractivity contribution < 1.29 is 9.59 Å². The number of halogens is 1. The maximum Gasteiger partial charge on any atom is 0.318 e. The summed E-state index contributed by atoms with van der Waals surface area (Å²) in [7, 11) is 0. The second kappa shape index (κ2) is 8.84. The number of fused-ring (bicyclic) bond motifs is 1. The summed E-state index contributed by atoms with van der Waals surface area (Å²) in [6.45, 7) is 1.21. The van der Waals surface area contributed by atoms with Gasteiger partial charge >= 0.3 is 6.03 Å². The highest BCUT2D eigenvalue weighted by Gasteiger charge is 2.34. The summed E-state index contributed by atoms with van der Waals surface area (Å²) >= 11 is 6.12. The Kier molecular flexibility index (Phi) is 5.72. The average molecular weight is 475 g/mol. The van der Waals surface area contributed by atoms with E-state index in [1.807, 2.05) is 30.3 Å². The van der Waals surface area contributed by atoms with Gasteiger partial charge in [0, 0.05) is 23.2 Å². The Morgan fingerprint density at radius 1 is 1.15 bits per heavy atom. The third kappa shape index (κ3) is 4.11. The third-order valence-electron chi connectivity index (χ3n) is 6.59. The zero-order valence-electron chi connectivity index (χ0n) is 18.4. The molecule has 1 aliphatic carbocycles. The number of amides is 3. The van der Waals surface area contributed by atoms with Crippen LogP contribution in [0, 0.1) is 11.3 Å². The zero-order chi connectivity index (χ0) is 23.8. The van der Waals surface area contributed by atoms with Crippen LogP contribution in [0.4, 0.5) is 4.79 Å². The van der Waals surface area contributed by atoms with Crippen molar-refractivity contribution in [1.82, 2.24) is 20.0 Å². The first-order valence-corrected chi connectivity index (χ1v) is 11.5. The van der Waals surface area contributed by atoms with Crippen LogP contribution >= 0.6 is 11.6 Å². The van der Waals surface area contributed by atoms with Gasteiger partial charge in [-0.15, -0.1) is 0 Å². The molecule has 0 atom stereocenters. The molecule has 2 heterocycles.